The molecule has 0 saturated carbocycles. The van der Waals surface area contributed by atoms with E-state index in [1.54, 1.807) is 44.2 Å². The van der Waals surface area contributed by atoms with Crippen LogP contribution in [0.5, 0.6) is 5.75 Å². The van der Waals surface area contributed by atoms with Gasteiger partial charge in [0.25, 0.3) is 0 Å². The first-order valence-corrected chi connectivity index (χ1v) is 10.7. The average Bonchev–Trinajstić information content (AvgIpc) is 2.98. The predicted octanol–water partition coefficient (Wildman–Crippen LogP) is 1.56. The Hall–Kier alpha value is -1.44. The molecule has 27 heavy (non-hydrogen) atoms. The van der Waals surface area contributed by atoms with E-state index in [1.807, 2.05) is 0 Å². The van der Waals surface area contributed by atoms with Gasteiger partial charge < -0.3 is 24.2 Å². The van der Waals surface area contributed by atoms with Crippen LogP contribution in [0.3, 0.4) is 0 Å². The molecule has 1 unspecified atom stereocenters. The highest BCUT2D eigenvalue weighted by Gasteiger charge is 2.41. The number of ether oxygens (including phenoxy) is 2. The summed E-state index contributed by atoms with van der Waals surface area (Å²) in [6, 6.07) is 7.80. The number of rotatable bonds is 9. The van der Waals surface area contributed by atoms with Crippen molar-refractivity contribution >= 4 is 13.5 Å². The smallest absolute Gasteiger partial charge is 0.323 e. The summed E-state index contributed by atoms with van der Waals surface area (Å²) in [7, 11) is -2.33. The molecule has 0 aromatic heterocycles. The minimum Gasteiger partial charge on any atom is -0.468 e. The van der Waals surface area contributed by atoms with E-state index in [-0.39, 0.29) is 25.1 Å². The van der Waals surface area contributed by atoms with Gasteiger partial charge in [-0.2, -0.15) is 0 Å². The molecule has 0 amide bonds. The van der Waals surface area contributed by atoms with Gasteiger partial charge in [0.1, 0.15) is 17.9 Å². The fraction of sp³-hybridized carbons (Fsp3) is 0.611. The van der Waals surface area contributed by atoms with E-state index in [9.17, 15) is 19.6 Å². The molecule has 1 aromatic carbocycles. The minimum absolute atomic E-state index is 0.0599. The van der Waals surface area contributed by atoms with Crippen molar-refractivity contribution in [3.05, 3.63) is 30.3 Å². The molecule has 152 valence electrons. The average molecular weight is 401 g/mol. The van der Waals surface area contributed by atoms with Gasteiger partial charge in [0.2, 0.25) is 0 Å². The Labute approximate surface area is 159 Å². The summed E-state index contributed by atoms with van der Waals surface area (Å²) in [6.07, 6.45) is -1.98. The molecule has 2 rings (SSSR count). The third-order valence-corrected chi connectivity index (χ3v) is 6.44. The minimum atomic E-state index is -3.60. The van der Waals surface area contributed by atoms with Gasteiger partial charge in [0.15, 0.2) is 0 Å². The van der Waals surface area contributed by atoms with Crippen LogP contribution in [0.25, 0.3) is 0 Å². The Morgan fingerprint density at radius 2 is 2.04 bits per heavy atom. The number of hydrogen-bond donors (Lipinski definition) is 3. The fourth-order valence-corrected chi connectivity index (χ4v) is 5.24. The number of aliphatic hydroxyl groups excluding tert-OH is 2. The van der Waals surface area contributed by atoms with E-state index >= 15 is 0 Å². The highest BCUT2D eigenvalue weighted by atomic mass is 31.2. The zero-order chi connectivity index (χ0) is 20.0. The van der Waals surface area contributed by atoms with Gasteiger partial charge in [-0.15, -0.1) is 0 Å². The van der Waals surface area contributed by atoms with Crippen molar-refractivity contribution < 1.29 is 33.6 Å². The van der Waals surface area contributed by atoms with E-state index in [1.165, 1.54) is 7.11 Å². The Morgan fingerprint density at radius 3 is 2.56 bits per heavy atom. The number of methoxy groups -OCH3 is 1. The number of carbonyl (C=O) groups excluding carboxylic acids is 1. The van der Waals surface area contributed by atoms with Crippen LogP contribution in [-0.4, -0.2) is 60.4 Å². The summed E-state index contributed by atoms with van der Waals surface area (Å²) in [5.41, 5.74) is 0. The second kappa shape index (κ2) is 9.66. The number of para-hydroxylation sites is 1. The topological polar surface area (TPSA) is 114 Å². The van der Waals surface area contributed by atoms with E-state index in [0.29, 0.717) is 5.75 Å². The van der Waals surface area contributed by atoms with Crippen molar-refractivity contribution in [2.75, 3.05) is 19.9 Å². The van der Waals surface area contributed by atoms with E-state index in [2.05, 4.69) is 5.09 Å². The molecule has 9 heteroatoms. The van der Waals surface area contributed by atoms with Gasteiger partial charge in [-0.25, -0.2) is 5.09 Å². The molecule has 3 N–H and O–H groups in total. The molecule has 0 bridgehead atoms. The van der Waals surface area contributed by atoms with Gasteiger partial charge in [-0.05, 0) is 18.1 Å². The third-order valence-electron chi connectivity index (χ3n) is 4.38. The summed E-state index contributed by atoms with van der Waals surface area (Å²) < 4.78 is 29.8. The Kier molecular flexibility index (Phi) is 7.82. The molecule has 0 spiro atoms. The summed E-state index contributed by atoms with van der Waals surface area (Å²) in [5.74, 6) is -0.342. The van der Waals surface area contributed by atoms with Crippen LogP contribution in [0, 0.1) is 5.92 Å². The highest BCUT2D eigenvalue weighted by molar-refractivity contribution is 7.57. The molecule has 1 aliphatic rings. The molecule has 1 fully saturated rings. The van der Waals surface area contributed by atoms with Gasteiger partial charge in [0, 0.05) is 6.42 Å². The second-order valence-electron chi connectivity index (χ2n) is 6.92. The van der Waals surface area contributed by atoms with Gasteiger partial charge in [0.05, 0.1) is 32.1 Å². The maximum atomic E-state index is 13.6. The molecule has 1 saturated heterocycles. The summed E-state index contributed by atoms with van der Waals surface area (Å²) in [6.45, 7) is 3.28. The molecular formula is C18H28NO7P. The first-order chi connectivity index (χ1) is 12.8. The maximum Gasteiger partial charge on any atom is 0.323 e. The second-order valence-corrected chi connectivity index (χ2v) is 9.07. The lowest BCUT2D eigenvalue weighted by Gasteiger charge is -2.28. The van der Waals surface area contributed by atoms with E-state index in [0.717, 1.165) is 0 Å². The van der Waals surface area contributed by atoms with Crippen LogP contribution in [-0.2, 0) is 18.8 Å². The molecule has 0 radical (unpaired) electrons. The lowest BCUT2D eigenvalue weighted by molar-refractivity contribution is -0.143. The van der Waals surface area contributed by atoms with Crippen molar-refractivity contribution in [1.82, 2.24) is 5.09 Å². The number of aliphatic hydroxyl groups is 2. The molecule has 1 aliphatic heterocycles. The summed E-state index contributed by atoms with van der Waals surface area (Å²) in [5, 5.41) is 22.0. The van der Waals surface area contributed by atoms with Crippen molar-refractivity contribution in [2.24, 2.45) is 5.92 Å². The standard InChI is InChI=1S/C18H28NO7P/c1-12(2)17(18(22)24-3)19-27(23,26-13-7-5-4-6-8-13)11-14-9-15(21)16(10-20)25-14/h4-8,12,14-17,20-21H,9-11H2,1-3H3,(H,19,23)/t14-,15+,16-,17+,27?/m1/s1. The van der Waals surface area contributed by atoms with Crippen LogP contribution in [0.15, 0.2) is 30.3 Å². The number of hydrogen-bond acceptors (Lipinski definition) is 7. The van der Waals surface area contributed by atoms with Crippen LogP contribution < -0.4 is 9.61 Å². The third kappa shape index (κ3) is 6.02. The Bertz CT molecular complexity index is 654. The summed E-state index contributed by atoms with van der Waals surface area (Å²) in [4.78, 5) is 12.1. The molecule has 5 atom stereocenters. The largest absolute Gasteiger partial charge is 0.468 e. The molecule has 0 aliphatic carbocycles. The van der Waals surface area contributed by atoms with Crippen molar-refractivity contribution in [1.29, 1.82) is 0 Å². The first kappa shape index (κ1) is 21.9. The molecule has 1 aromatic rings. The van der Waals surface area contributed by atoms with E-state index < -0.39 is 37.8 Å². The van der Waals surface area contributed by atoms with Gasteiger partial charge in [-0.1, -0.05) is 32.0 Å². The monoisotopic (exact) mass is 401 g/mol. The van der Waals surface area contributed by atoms with E-state index in [4.69, 9.17) is 14.0 Å². The predicted molar refractivity (Wildman–Crippen MR) is 99.7 cm³/mol. The number of benzene rings is 1. The normalized spacial score (nSPS) is 25.8. The molecule has 1 heterocycles. The maximum absolute atomic E-state index is 13.6. The SMILES string of the molecule is COC(=O)[C@@H](NP(=O)(C[C@H]1C[C@H](O)[C@@H](CO)O1)Oc1ccccc1)C(C)C. The quantitative estimate of drug-likeness (QED) is 0.422. The van der Waals surface area contributed by atoms with Crippen LogP contribution in [0.2, 0.25) is 0 Å². The molecular weight excluding hydrogens is 373 g/mol. The van der Waals surface area contributed by atoms with Crippen molar-refractivity contribution in [3.63, 3.8) is 0 Å². The number of nitrogens with one attached hydrogen (secondary N) is 1. The zero-order valence-electron chi connectivity index (χ0n) is 15.8. The Morgan fingerprint density at radius 1 is 1.37 bits per heavy atom. The zero-order valence-corrected chi connectivity index (χ0v) is 16.7. The number of esters is 1. The van der Waals surface area contributed by atoms with Crippen LogP contribution in [0.1, 0.15) is 20.3 Å². The van der Waals surface area contributed by atoms with Crippen LogP contribution in [0.4, 0.5) is 0 Å². The number of carbonyl (C=O) groups is 1. The summed E-state index contributed by atoms with van der Waals surface area (Å²) >= 11 is 0. The van der Waals surface area contributed by atoms with Crippen LogP contribution >= 0.6 is 7.52 Å². The Balaban J connectivity index is 2.22. The van der Waals surface area contributed by atoms with Gasteiger partial charge in [-0.3, -0.25) is 9.36 Å². The first-order valence-electron chi connectivity index (χ1n) is 8.91. The van der Waals surface area contributed by atoms with Crippen molar-refractivity contribution in [2.45, 2.75) is 44.6 Å². The van der Waals surface area contributed by atoms with Gasteiger partial charge >= 0.3 is 13.5 Å². The fourth-order valence-electron chi connectivity index (χ4n) is 2.95. The highest BCUT2D eigenvalue weighted by Crippen LogP contribution is 2.46. The lowest BCUT2D eigenvalue weighted by Crippen LogP contribution is -2.42. The molecule has 8 nitrogen and oxygen atoms in total. The van der Waals surface area contributed by atoms with Crippen molar-refractivity contribution in [3.8, 4) is 5.75 Å². The lowest BCUT2D eigenvalue weighted by atomic mass is 10.1.